The second-order valence-electron chi connectivity index (χ2n) is 6.90. The van der Waals surface area contributed by atoms with Gasteiger partial charge in [0.1, 0.15) is 12.7 Å². The van der Waals surface area contributed by atoms with Crippen molar-refractivity contribution in [2.24, 2.45) is 5.92 Å². The van der Waals surface area contributed by atoms with Crippen LogP contribution in [0.4, 0.5) is 4.79 Å². The van der Waals surface area contributed by atoms with Crippen LogP contribution in [0.25, 0.3) is 0 Å². The molecule has 1 aromatic heterocycles. The molecule has 1 aliphatic rings. The fourth-order valence-corrected chi connectivity index (χ4v) is 3.31. The number of carbonyl (C=O) groups is 1. The molecule has 2 aromatic rings. The topological polar surface area (TPSA) is 75.1 Å². The Morgan fingerprint density at radius 3 is 2.84 bits per heavy atom. The first-order valence-electron chi connectivity index (χ1n) is 8.76. The minimum atomic E-state index is -0.119. The van der Waals surface area contributed by atoms with Crippen LogP contribution in [0.15, 0.2) is 43.0 Å². The van der Waals surface area contributed by atoms with Crippen LogP contribution in [0.1, 0.15) is 19.4 Å². The summed E-state index contributed by atoms with van der Waals surface area (Å²) in [4.78, 5) is 18.6. The zero-order valence-electron chi connectivity index (χ0n) is 14.8. The standard InChI is InChI=1S/C18H26N6O/c1-14-8-23(10-16-6-4-3-5-7-16)11-17(14)22-18(25)21-15(2)9-24-13-19-12-20-24/h3-7,12-15,17H,8-11H2,1-2H3,(H2,21,22,25)/t14-,15+,17+/m0/s1. The molecule has 1 saturated heterocycles. The van der Waals surface area contributed by atoms with Crippen LogP contribution in [0, 0.1) is 5.92 Å². The van der Waals surface area contributed by atoms with E-state index in [0.29, 0.717) is 12.5 Å². The van der Waals surface area contributed by atoms with Gasteiger partial charge in [-0.15, -0.1) is 0 Å². The number of carbonyl (C=O) groups excluding carboxylic acids is 1. The predicted octanol–water partition coefficient (Wildman–Crippen LogP) is 1.49. The largest absolute Gasteiger partial charge is 0.334 e. The van der Waals surface area contributed by atoms with Crippen molar-refractivity contribution in [3.8, 4) is 0 Å². The highest BCUT2D eigenvalue weighted by molar-refractivity contribution is 5.74. The van der Waals surface area contributed by atoms with Crippen molar-refractivity contribution in [1.82, 2.24) is 30.3 Å². The van der Waals surface area contributed by atoms with Crippen LogP contribution in [-0.2, 0) is 13.1 Å². The molecule has 0 saturated carbocycles. The molecule has 2 heterocycles. The Balaban J connectivity index is 1.45. The van der Waals surface area contributed by atoms with Crippen LogP contribution >= 0.6 is 0 Å². The maximum atomic E-state index is 12.3. The molecule has 3 atom stereocenters. The number of likely N-dealkylation sites (tertiary alicyclic amines) is 1. The van der Waals surface area contributed by atoms with Crippen molar-refractivity contribution < 1.29 is 4.79 Å². The normalized spacial score (nSPS) is 21.8. The number of hydrogen-bond donors (Lipinski definition) is 2. The summed E-state index contributed by atoms with van der Waals surface area (Å²) in [5.74, 6) is 0.431. The summed E-state index contributed by atoms with van der Waals surface area (Å²) in [5, 5.41) is 10.1. The molecule has 134 valence electrons. The average Bonchev–Trinajstić information content (AvgIpc) is 3.18. The number of nitrogens with one attached hydrogen (secondary N) is 2. The Morgan fingerprint density at radius 2 is 2.12 bits per heavy atom. The number of hydrogen-bond acceptors (Lipinski definition) is 4. The maximum absolute atomic E-state index is 12.3. The predicted molar refractivity (Wildman–Crippen MR) is 95.8 cm³/mol. The summed E-state index contributed by atoms with van der Waals surface area (Å²) >= 11 is 0. The lowest BCUT2D eigenvalue weighted by atomic mass is 10.1. The van der Waals surface area contributed by atoms with E-state index in [9.17, 15) is 4.79 Å². The van der Waals surface area contributed by atoms with Gasteiger partial charge in [-0.1, -0.05) is 37.3 Å². The van der Waals surface area contributed by atoms with Gasteiger partial charge in [-0.3, -0.25) is 9.58 Å². The van der Waals surface area contributed by atoms with Gasteiger partial charge < -0.3 is 10.6 Å². The minimum Gasteiger partial charge on any atom is -0.334 e. The SMILES string of the molecule is C[C@H](Cn1cncn1)NC(=O)N[C@@H]1CN(Cc2ccccc2)C[C@@H]1C. The second-order valence-corrected chi connectivity index (χ2v) is 6.90. The smallest absolute Gasteiger partial charge is 0.315 e. The monoisotopic (exact) mass is 342 g/mol. The molecule has 3 rings (SSSR count). The molecule has 25 heavy (non-hydrogen) atoms. The Morgan fingerprint density at radius 1 is 1.32 bits per heavy atom. The van der Waals surface area contributed by atoms with Gasteiger partial charge in [0, 0.05) is 31.7 Å². The summed E-state index contributed by atoms with van der Waals surface area (Å²) < 4.78 is 1.71. The number of aromatic nitrogens is 3. The third-order valence-corrected chi connectivity index (χ3v) is 4.56. The van der Waals surface area contributed by atoms with Gasteiger partial charge in [-0.05, 0) is 18.4 Å². The number of nitrogens with zero attached hydrogens (tertiary/aromatic N) is 4. The van der Waals surface area contributed by atoms with Crippen molar-refractivity contribution in [1.29, 1.82) is 0 Å². The Labute approximate surface area is 148 Å². The summed E-state index contributed by atoms with van der Waals surface area (Å²) in [5.41, 5.74) is 1.31. The highest BCUT2D eigenvalue weighted by atomic mass is 16.2. The Hall–Kier alpha value is -2.41. The van der Waals surface area contributed by atoms with Crippen molar-refractivity contribution in [2.75, 3.05) is 13.1 Å². The van der Waals surface area contributed by atoms with E-state index >= 15 is 0 Å². The number of urea groups is 1. The van der Waals surface area contributed by atoms with E-state index in [4.69, 9.17) is 0 Å². The summed E-state index contributed by atoms with van der Waals surface area (Å²) in [6.45, 7) is 7.55. The van der Waals surface area contributed by atoms with Gasteiger partial charge >= 0.3 is 6.03 Å². The zero-order chi connectivity index (χ0) is 17.6. The fraction of sp³-hybridized carbons (Fsp3) is 0.500. The first-order valence-corrected chi connectivity index (χ1v) is 8.76. The summed E-state index contributed by atoms with van der Waals surface area (Å²) in [7, 11) is 0. The highest BCUT2D eigenvalue weighted by Gasteiger charge is 2.30. The molecule has 0 unspecified atom stereocenters. The molecule has 2 amide bonds. The Kier molecular flexibility index (Phi) is 5.65. The third-order valence-electron chi connectivity index (χ3n) is 4.56. The zero-order valence-corrected chi connectivity index (χ0v) is 14.8. The molecular weight excluding hydrogens is 316 g/mol. The van der Waals surface area contributed by atoms with E-state index in [0.717, 1.165) is 19.6 Å². The van der Waals surface area contributed by atoms with Gasteiger partial charge in [0.05, 0.1) is 6.54 Å². The van der Waals surface area contributed by atoms with E-state index in [1.807, 2.05) is 13.0 Å². The van der Waals surface area contributed by atoms with Gasteiger partial charge in [0.25, 0.3) is 0 Å². The maximum Gasteiger partial charge on any atom is 0.315 e. The molecule has 1 aliphatic heterocycles. The van der Waals surface area contributed by atoms with Crippen LogP contribution in [-0.4, -0.2) is 50.9 Å². The molecule has 0 aliphatic carbocycles. The van der Waals surface area contributed by atoms with Crippen LogP contribution < -0.4 is 10.6 Å². The van der Waals surface area contributed by atoms with Crippen LogP contribution in [0.3, 0.4) is 0 Å². The van der Waals surface area contributed by atoms with Crippen molar-refractivity contribution in [2.45, 2.75) is 39.0 Å². The lowest BCUT2D eigenvalue weighted by Crippen LogP contribution is -2.48. The van der Waals surface area contributed by atoms with Gasteiger partial charge in [-0.2, -0.15) is 5.10 Å². The van der Waals surface area contributed by atoms with E-state index in [2.05, 4.69) is 56.8 Å². The molecule has 1 fully saturated rings. The minimum absolute atomic E-state index is 0.0150. The molecular formula is C18H26N6O. The van der Waals surface area contributed by atoms with Crippen molar-refractivity contribution in [3.63, 3.8) is 0 Å². The Bertz CT molecular complexity index is 659. The molecule has 0 bridgehead atoms. The highest BCUT2D eigenvalue weighted by Crippen LogP contribution is 2.18. The lowest BCUT2D eigenvalue weighted by Gasteiger charge is -2.20. The summed E-state index contributed by atoms with van der Waals surface area (Å²) in [6.07, 6.45) is 3.14. The number of rotatable bonds is 6. The number of amides is 2. The fourth-order valence-electron chi connectivity index (χ4n) is 3.31. The average molecular weight is 342 g/mol. The molecule has 1 aromatic carbocycles. The van der Waals surface area contributed by atoms with Crippen LogP contribution in [0.2, 0.25) is 0 Å². The van der Waals surface area contributed by atoms with Crippen molar-refractivity contribution in [3.05, 3.63) is 48.5 Å². The molecule has 7 heteroatoms. The van der Waals surface area contributed by atoms with E-state index in [1.165, 1.54) is 11.9 Å². The molecule has 7 nitrogen and oxygen atoms in total. The number of benzene rings is 1. The van der Waals surface area contributed by atoms with Gasteiger partial charge in [0.2, 0.25) is 0 Å². The first-order chi connectivity index (χ1) is 12.1. The van der Waals surface area contributed by atoms with E-state index in [-0.39, 0.29) is 18.1 Å². The van der Waals surface area contributed by atoms with Gasteiger partial charge in [0.15, 0.2) is 0 Å². The quantitative estimate of drug-likeness (QED) is 0.834. The third kappa shape index (κ3) is 5.03. The summed E-state index contributed by atoms with van der Waals surface area (Å²) in [6, 6.07) is 10.5. The second kappa shape index (κ2) is 8.11. The van der Waals surface area contributed by atoms with E-state index < -0.39 is 0 Å². The molecule has 0 spiro atoms. The van der Waals surface area contributed by atoms with E-state index in [1.54, 1.807) is 11.0 Å². The van der Waals surface area contributed by atoms with Gasteiger partial charge in [-0.25, -0.2) is 9.78 Å². The first kappa shape index (κ1) is 17.4. The lowest BCUT2D eigenvalue weighted by molar-refractivity contribution is 0.230. The molecule has 2 N–H and O–H groups in total. The van der Waals surface area contributed by atoms with Crippen LogP contribution in [0.5, 0.6) is 0 Å². The molecule has 0 radical (unpaired) electrons. The van der Waals surface area contributed by atoms with Crippen molar-refractivity contribution >= 4 is 6.03 Å².